The maximum atomic E-state index is 5.31. The van der Waals surface area contributed by atoms with E-state index < -0.39 is 0 Å². The highest BCUT2D eigenvalue weighted by Crippen LogP contribution is 2.45. The average Bonchev–Trinajstić information content (AvgIpc) is 2.82. The zero-order chi connectivity index (χ0) is 11.8. The second kappa shape index (κ2) is 4.17. The molecule has 1 N–H and O–H groups in total. The molecule has 4 nitrogen and oxygen atoms in total. The molecule has 0 radical (unpaired) electrons. The minimum atomic E-state index is 0.203. The van der Waals surface area contributed by atoms with Crippen LogP contribution in [-0.4, -0.2) is 23.2 Å². The van der Waals surface area contributed by atoms with Crippen LogP contribution in [0.2, 0.25) is 0 Å². The van der Waals surface area contributed by atoms with Gasteiger partial charge in [-0.15, -0.1) is 0 Å². The summed E-state index contributed by atoms with van der Waals surface area (Å²) in [5.74, 6) is 2.22. The number of likely N-dealkylation sites (N-methyl/N-ethyl adjacent to an activating group) is 1. The van der Waals surface area contributed by atoms with Gasteiger partial charge in [-0.3, -0.25) is 0 Å². The van der Waals surface area contributed by atoms with Crippen molar-refractivity contribution in [2.45, 2.75) is 51.5 Å². The van der Waals surface area contributed by atoms with Crippen molar-refractivity contribution in [1.29, 1.82) is 0 Å². The summed E-state index contributed by atoms with van der Waals surface area (Å²) < 4.78 is 5.31. The first kappa shape index (κ1) is 11.6. The molecule has 0 bridgehead atoms. The molecular formula is C12H21N3O. The van der Waals surface area contributed by atoms with Crippen LogP contribution in [0.1, 0.15) is 45.3 Å². The fourth-order valence-corrected chi connectivity index (χ4v) is 1.85. The number of nitrogens with zero attached hydrogens (tertiary/aromatic N) is 2. The minimum absolute atomic E-state index is 0.203. The summed E-state index contributed by atoms with van der Waals surface area (Å²) in [6, 6.07) is 0.403. The third-order valence-corrected chi connectivity index (χ3v) is 3.58. The van der Waals surface area contributed by atoms with Crippen molar-refractivity contribution < 1.29 is 4.52 Å². The Balaban J connectivity index is 2.02. The summed E-state index contributed by atoms with van der Waals surface area (Å²) in [6.45, 7) is 6.58. The van der Waals surface area contributed by atoms with Gasteiger partial charge in [0.05, 0.1) is 0 Å². The van der Waals surface area contributed by atoms with E-state index >= 15 is 0 Å². The SMILES string of the molecule is CNC(Cc1nc(C2(C)CC2)no1)C(C)C. The summed E-state index contributed by atoms with van der Waals surface area (Å²) in [6.07, 6.45) is 3.19. The van der Waals surface area contributed by atoms with Gasteiger partial charge in [-0.25, -0.2) is 0 Å². The van der Waals surface area contributed by atoms with Crippen LogP contribution in [0.4, 0.5) is 0 Å². The van der Waals surface area contributed by atoms with Crippen LogP contribution in [-0.2, 0) is 11.8 Å². The molecule has 1 aliphatic carbocycles. The predicted octanol–water partition coefficient (Wildman–Crippen LogP) is 1.91. The molecule has 1 atom stereocenters. The third kappa shape index (κ3) is 2.26. The first-order valence-corrected chi connectivity index (χ1v) is 6.05. The lowest BCUT2D eigenvalue weighted by Gasteiger charge is -2.17. The second-order valence-corrected chi connectivity index (χ2v) is 5.42. The van der Waals surface area contributed by atoms with Gasteiger partial charge >= 0.3 is 0 Å². The van der Waals surface area contributed by atoms with Crippen LogP contribution < -0.4 is 5.32 Å². The van der Waals surface area contributed by atoms with Crippen molar-refractivity contribution in [2.75, 3.05) is 7.05 Å². The van der Waals surface area contributed by atoms with E-state index in [4.69, 9.17) is 4.52 Å². The molecule has 16 heavy (non-hydrogen) atoms. The van der Waals surface area contributed by atoms with Gasteiger partial charge in [0.15, 0.2) is 5.82 Å². The van der Waals surface area contributed by atoms with Crippen LogP contribution in [0.25, 0.3) is 0 Å². The summed E-state index contributed by atoms with van der Waals surface area (Å²) in [5, 5.41) is 7.37. The number of hydrogen-bond acceptors (Lipinski definition) is 4. The lowest BCUT2D eigenvalue weighted by molar-refractivity contribution is 0.331. The highest BCUT2D eigenvalue weighted by Gasteiger charge is 2.43. The van der Waals surface area contributed by atoms with Gasteiger partial charge in [0, 0.05) is 17.9 Å². The molecule has 1 saturated carbocycles. The summed E-state index contributed by atoms with van der Waals surface area (Å²) >= 11 is 0. The molecule has 1 aliphatic rings. The quantitative estimate of drug-likeness (QED) is 0.828. The van der Waals surface area contributed by atoms with Crippen molar-refractivity contribution in [1.82, 2.24) is 15.5 Å². The van der Waals surface area contributed by atoms with Gasteiger partial charge in [-0.2, -0.15) is 4.98 Å². The standard InChI is InChI=1S/C12H21N3O/c1-8(2)9(13-4)7-10-14-11(15-16-10)12(3)5-6-12/h8-9,13H,5-7H2,1-4H3. The summed E-state index contributed by atoms with van der Waals surface area (Å²) in [4.78, 5) is 4.50. The maximum absolute atomic E-state index is 5.31. The third-order valence-electron chi connectivity index (χ3n) is 3.58. The minimum Gasteiger partial charge on any atom is -0.339 e. The smallest absolute Gasteiger partial charge is 0.228 e. The van der Waals surface area contributed by atoms with Crippen LogP contribution in [0.5, 0.6) is 0 Å². The monoisotopic (exact) mass is 223 g/mol. The lowest BCUT2D eigenvalue weighted by Crippen LogP contribution is -2.32. The Bertz CT molecular complexity index is 355. The molecule has 2 rings (SSSR count). The highest BCUT2D eigenvalue weighted by molar-refractivity contribution is 5.14. The largest absolute Gasteiger partial charge is 0.339 e. The molecule has 90 valence electrons. The average molecular weight is 223 g/mol. The van der Waals surface area contributed by atoms with E-state index in [2.05, 4.69) is 36.2 Å². The van der Waals surface area contributed by atoms with Gasteiger partial charge in [-0.1, -0.05) is 25.9 Å². The molecule has 0 amide bonds. The second-order valence-electron chi connectivity index (χ2n) is 5.42. The Labute approximate surface area is 96.8 Å². The number of hydrogen-bond donors (Lipinski definition) is 1. The van der Waals surface area contributed by atoms with Crippen molar-refractivity contribution in [3.8, 4) is 0 Å². The lowest BCUT2D eigenvalue weighted by atomic mass is 10.0. The Hall–Kier alpha value is -0.900. The fraction of sp³-hybridized carbons (Fsp3) is 0.833. The van der Waals surface area contributed by atoms with Crippen molar-refractivity contribution in [3.05, 3.63) is 11.7 Å². The maximum Gasteiger partial charge on any atom is 0.228 e. The van der Waals surface area contributed by atoms with Gasteiger partial charge in [0.2, 0.25) is 5.89 Å². The summed E-state index contributed by atoms with van der Waals surface area (Å²) in [5.41, 5.74) is 0.203. The Kier molecular flexibility index (Phi) is 3.02. The molecule has 0 aromatic carbocycles. The van der Waals surface area contributed by atoms with Gasteiger partial charge in [0.1, 0.15) is 0 Å². The Morgan fingerprint density at radius 2 is 2.12 bits per heavy atom. The molecule has 1 fully saturated rings. The molecule has 0 aliphatic heterocycles. The van der Waals surface area contributed by atoms with E-state index in [9.17, 15) is 0 Å². The molecule has 0 saturated heterocycles. The first-order chi connectivity index (χ1) is 7.55. The molecule has 1 aromatic heterocycles. The molecule has 1 unspecified atom stereocenters. The molecule has 1 heterocycles. The van der Waals surface area contributed by atoms with E-state index in [1.807, 2.05) is 7.05 Å². The molecule has 4 heteroatoms. The first-order valence-electron chi connectivity index (χ1n) is 6.05. The molecule has 1 aromatic rings. The van der Waals surface area contributed by atoms with Gasteiger partial charge in [-0.05, 0) is 25.8 Å². The summed E-state index contributed by atoms with van der Waals surface area (Å²) in [7, 11) is 1.98. The zero-order valence-corrected chi connectivity index (χ0v) is 10.6. The Morgan fingerprint density at radius 1 is 1.44 bits per heavy atom. The van der Waals surface area contributed by atoms with Crippen LogP contribution in [0.15, 0.2) is 4.52 Å². The van der Waals surface area contributed by atoms with E-state index in [1.54, 1.807) is 0 Å². The fourth-order valence-electron chi connectivity index (χ4n) is 1.85. The Morgan fingerprint density at radius 3 is 2.62 bits per heavy atom. The molecular weight excluding hydrogens is 202 g/mol. The van der Waals surface area contributed by atoms with Crippen molar-refractivity contribution in [2.24, 2.45) is 5.92 Å². The van der Waals surface area contributed by atoms with Crippen LogP contribution >= 0.6 is 0 Å². The zero-order valence-electron chi connectivity index (χ0n) is 10.6. The van der Waals surface area contributed by atoms with E-state index in [1.165, 1.54) is 12.8 Å². The van der Waals surface area contributed by atoms with Crippen molar-refractivity contribution >= 4 is 0 Å². The highest BCUT2D eigenvalue weighted by atomic mass is 16.5. The molecule has 0 spiro atoms. The van der Waals surface area contributed by atoms with E-state index in [0.29, 0.717) is 12.0 Å². The van der Waals surface area contributed by atoms with Crippen LogP contribution in [0.3, 0.4) is 0 Å². The van der Waals surface area contributed by atoms with E-state index in [0.717, 1.165) is 18.1 Å². The number of nitrogens with one attached hydrogen (secondary N) is 1. The number of rotatable bonds is 5. The normalized spacial score (nSPS) is 20.1. The van der Waals surface area contributed by atoms with Gasteiger partial charge in [0.25, 0.3) is 0 Å². The van der Waals surface area contributed by atoms with Gasteiger partial charge < -0.3 is 9.84 Å². The van der Waals surface area contributed by atoms with Crippen LogP contribution in [0, 0.1) is 5.92 Å². The van der Waals surface area contributed by atoms with E-state index in [-0.39, 0.29) is 5.41 Å². The van der Waals surface area contributed by atoms with Crippen molar-refractivity contribution in [3.63, 3.8) is 0 Å². The predicted molar refractivity (Wildman–Crippen MR) is 62.3 cm³/mol. The number of aromatic nitrogens is 2. The topological polar surface area (TPSA) is 51.0 Å².